The van der Waals surface area contributed by atoms with Crippen molar-refractivity contribution >= 4 is 11.6 Å². The molecule has 1 aliphatic rings. The third kappa shape index (κ3) is 4.46. The van der Waals surface area contributed by atoms with Gasteiger partial charge in [0.05, 0.1) is 6.54 Å². The van der Waals surface area contributed by atoms with Gasteiger partial charge < -0.3 is 10.5 Å². The fourth-order valence-electron chi connectivity index (χ4n) is 2.89. The van der Waals surface area contributed by atoms with E-state index in [9.17, 15) is 14.4 Å². The smallest absolute Gasteiger partial charge is 0.330 e. The second kappa shape index (κ2) is 7.79. The van der Waals surface area contributed by atoms with Crippen LogP contribution in [-0.2, 0) is 0 Å². The topological polar surface area (TPSA) is 110 Å². The second-order valence-electron chi connectivity index (χ2n) is 6.94. The number of nitrogens with one attached hydrogen (secondary N) is 1. The SMILES string of the molecule is Cc1ccc(OCCN(C)CC(=O)c2c(N)n(C3CC3)c(=O)[nH]c2=O)cc1. The quantitative estimate of drug-likeness (QED) is 0.668. The molecule has 1 heterocycles. The molecule has 1 aromatic heterocycles. The monoisotopic (exact) mass is 372 g/mol. The van der Waals surface area contributed by atoms with Crippen LogP contribution in [0.2, 0.25) is 0 Å². The van der Waals surface area contributed by atoms with Crippen LogP contribution in [-0.4, -0.2) is 47.0 Å². The fourth-order valence-corrected chi connectivity index (χ4v) is 2.89. The number of aromatic amines is 1. The van der Waals surface area contributed by atoms with Gasteiger partial charge in [0.2, 0.25) is 0 Å². The van der Waals surface area contributed by atoms with E-state index in [1.54, 1.807) is 11.9 Å². The number of nitrogen functional groups attached to an aromatic ring is 1. The number of ether oxygens (including phenoxy) is 1. The molecule has 27 heavy (non-hydrogen) atoms. The lowest BCUT2D eigenvalue weighted by atomic mass is 10.2. The minimum atomic E-state index is -0.733. The lowest BCUT2D eigenvalue weighted by Gasteiger charge is -2.17. The van der Waals surface area contributed by atoms with Crippen LogP contribution >= 0.6 is 0 Å². The Bertz CT molecular complexity index is 942. The molecule has 2 aromatic rings. The van der Waals surface area contributed by atoms with Gasteiger partial charge in [-0.2, -0.15) is 0 Å². The van der Waals surface area contributed by atoms with Crippen molar-refractivity contribution < 1.29 is 9.53 Å². The van der Waals surface area contributed by atoms with E-state index in [2.05, 4.69) is 4.98 Å². The summed E-state index contributed by atoms with van der Waals surface area (Å²) in [4.78, 5) is 40.5. The molecule has 3 N–H and O–H groups in total. The molecule has 144 valence electrons. The summed E-state index contributed by atoms with van der Waals surface area (Å²) in [5.74, 6) is 0.305. The van der Waals surface area contributed by atoms with Crippen LogP contribution in [0.15, 0.2) is 33.9 Å². The van der Waals surface area contributed by atoms with E-state index in [-0.39, 0.29) is 24.0 Å². The molecule has 1 fully saturated rings. The molecule has 1 aliphatic carbocycles. The first-order chi connectivity index (χ1) is 12.9. The maximum absolute atomic E-state index is 12.6. The number of hydrogen-bond acceptors (Lipinski definition) is 6. The molecule has 0 aliphatic heterocycles. The van der Waals surface area contributed by atoms with E-state index in [1.165, 1.54) is 4.57 Å². The lowest BCUT2D eigenvalue weighted by molar-refractivity contribution is 0.0937. The summed E-state index contributed by atoms with van der Waals surface area (Å²) in [5, 5.41) is 0. The number of benzene rings is 1. The zero-order valence-electron chi connectivity index (χ0n) is 15.5. The molecule has 0 amide bonds. The number of rotatable bonds is 8. The molecule has 0 unspecified atom stereocenters. The maximum atomic E-state index is 12.6. The van der Waals surface area contributed by atoms with Crippen LogP contribution in [0.4, 0.5) is 5.82 Å². The van der Waals surface area contributed by atoms with Gasteiger partial charge in [0, 0.05) is 12.6 Å². The highest BCUT2D eigenvalue weighted by atomic mass is 16.5. The summed E-state index contributed by atoms with van der Waals surface area (Å²) in [6, 6.07) is 7.68. The number of ketones is 1. The van der Waals surface area contributed by atoms with E-state index in [0.717, 1.165) is 24.2 Å². The molecule has 0 radical (unpaired) electrons. The zero-order valence-corrected chi connectivity index (χ0v) is 15.5. The standard InChI is InChI=1S/C19H24N4O4/c1-12-3-7-14(8-4-12)27-10-9-22(2)11-15(24)16-17(20)23(13-5-6-13)19(26)21-18(16)25/h3-4,7-8,13H,5-6,9-11,20H2,1-2H3,(H,21,25,26). The number of H-pyrrole nitrogens is 1. The number of aryl methyl sites for hydroxylation is 1. The van der Waals surface area contributed by atoms with Crippen LogP contribution in [0.5, 0.6) is 5.75 Å². The van der Waals surface area contributed by atoms with Crippen molar-refractivity contribution in [2.75, 3.05) is 32.5 Å². The predicted molar refractivity (Wildman–Crippen MR) is 103 cm³/mol. The number of nitrogens with two attached hydrogens (primary N) is 1. The molecule has 0 saturated heterocycles. The van der Waals surface area contributed by atoms with Crippen LogP contribution in [0.1, 0.15) is 34.8 Å². The zero-order chi connectivity index (χ0) is 19.6. The van der Waals surface area contributed by atoms with Gasteiger partial charge in [-0.15, -0.1) is 0 Å². The number of likely N-dealkylation sites (N-methyl/N-ethyl adjacent to an activating group) is 1. The van der Waals surface area contributed by atoms with Crippen LogP contribution < -0.4 is 21.7 Å². The Hall–Kier alpha value is -2.87. The van der Waals surface area contributed by atoms with Gasteiger partial charge in [0.1, 0.15) is 23.7 Å². The first-order valence-electron chi connectivity index (χ1n) is 8.92. The molecule has 0 spiro atoms. The highest BCUT2D eigenvalue weighted by Crippen LogP contribution is 2.35. The molecular weight excluding hydrogens is 348 g/mol. The van der Waals surface area contributed by atoms with Gasteiger partial charge in [0.25, 0.3) is 5.56 Å². The van der Waals surface area contributed by atoms with E-state index in [1.807, 2.05) is 31.2 Å². The van der Waals surface area contributed by atoms with Crippen molar-refractivity contribution in [1.29, 1.82) is 0 Å². The Morgan fingerprint density at radius 2 is 1.96 bits per heavy atom. The fraction of sp³-hybridized carbons (Fsp3) is 0.421. The third-order valence-electron chi connectivity index (χ3n) is 4.55. The normalized spacial score (nSPS) is 13.7. The number of Topliss-reactive ketones (excluding diaryl/α,β-unsaturated/α-hetero) is 1. The molecule has 8 heteroatoms. The molecular formula is C19H24N4O4. The van der Waals surface area contributed by atoms with Crippen molar-refractivity contribution in [3.63, 3.8) is 0 Å². The molecule has 3 rings (SSSR count). The largest absolute Gasteiger partial charge is 0.492 e. The summed E-state index contributed by atoms with van der Waals surface area (Å²) in [7, 11) is 1.76. The number of nitrogens with zero attached hydrogens (tertiary/aromatic N) is 2. The Morgan fingerprint density at radius 1 is 1.30 bits per heavy atom. The van der Waals surface area contributed by atoms with Gasteiger partial charge in [0.15, 0.2) is 5.78 Å². The highest BCUT2D eigenvalue weighted by molar-refractivity contribution is 6.01. The second-order valence-corrected chi connectivity index (χ2v) is 6.94. The van der Waals surface area contributed by atoms with Crippen molar-refractivity contribution in [2.45, 2.75) is 25.8 Å². The predicted octanol–water partition coefficient (Wildman–Crippen LogP) is 0.956. The van der Waals surface area contributed by atoms with Crippen LogP contribution in [0, 0.1) is 6.92 Å². The minimum Gasteiger partial charge on any atom is -0.492 e. The number of anilines is 1. The van der Waals surface area contributed by atoms with Gasteiger partial charge in [-0.3, -0.25) is 24.0 Å². The molecule has 1 saturated carbocycles. The Morgan fingerprint density at radius 3 is 2.59 bits per heavy atom. The van der Waals surface area contributed by atoms with Gasteiger partial charge >= 0.3 is 5.69 Å². The van der Waals surface area contributed by atoms with Crippen molar-refractivity contribution in [3.05, 3.63) is 56.2 Å². The third-order valence-corrected chi connectivity index (χ3v) is 4.55. The molecule has 0 bridgehead atoms. The van der Waals surface area contributed by atoms with Crippen LogP contribution in [0.3, 0.4) is 0 Å². The Kier molecular flexibility index (Phi) is 5.46. The van der Waals surface area contributed by atoms with Crippen molar-refractivity contribution in [2.24, 2.45) is 0 Å². The lowest BCUT2D eigenvalue weighted by Crippen LogP contribution is -2.39. The Balaban J connectivity index is 1.61. The molecule has 8 nitrogen and oxygen atoms in total. The van der Waals surface area contributed by atoms with E-state index < -0.39 is 17.0 Å². The number of hydrogen-bond donors (Lipinski definition) is 2. The van der Waals surface area contributed by atoms with Gasteiger partial charge in [-0.25, -0.2) is 4.79 Å². The summed E-state index contributed by atoms with van der Waals surface area (Å²) in [5.41, 5.74) is 5.69. The van der Waals surface area contributed by atoms with E-state index in [4.69, 9.17) is 10.5 Å². The van der Waals surface area contributed by atoms with Crippen molar-refractivity contribution in [1.82, 2.24) is 14.5 Å². The van der Waals surface area contributed by atoms with E-state index >= 15 is 0 Å². The number of carbonyl (C=O) groups excluding carboxylic acids is 1. The number of aromatic nitrogens is 2. The average molecular weight is 372 g/mol. The highest BCUT2D eigenvalue weighted by Gasteiger charge is 2.30. The molecule has 0 atom stereocenters. The summed E-state index contributed by atoms with van der Waals surface area (Å²) >= 11 is 0. The first-order valence-corrected chi connectivity index (χ1v) is 8.92. The number of carbonyl (C=O) groups is 1. The van der Waals surface area contributed by atoms with Gasteiger partial charge in [-0.05, 0) is 38.9 Å². The molecule has 1 aromatic carbocycles. The summed E-state index contributed by atoms with van der Waals surface area (Å²) in [6.07, 6.45) is 1.64. The Labute approximate surface area is 156 Å². The van der Waals surface area contributed by atoms with Crippen molar-refractivity contribution in [3.8, 4) is 5.75 Å². The maximum Gasteiger partial charge on any atom is 0.330 e. The summed E-state index contributed by atoms with van der Waals surface area (Å²) in [6.45, 7) is 2.91. The van der Waals surface area contributed by atoms with E-state index in [0.29, 0.717) is 13.2 Å². The summed E-state index contributed by atoms with van der Waals surface area (Å²) < 4.78 is 6.96. The first kappa shape index (κ1) is 18.9. The minimum absolute atomic E-state index is 0.00735. The average Bonchev–Trinajstić information content (AvgIpc) is 3.41. The van der Waals surface area contributed by atoms with Crippen LogP contribution in [0.25, 0.3) is 0 Å². The van der Waals surface area contributed by atoms with Gasteiger partial charge in [-0.1, -0.05) is 17.7 Å².